The molecule has 0 atom stereocenters. The number of ether oxygens (including phenoxy) is 1. The average Bonchev–Trinajstić information content (AvgIpc) is 2.39. The number of hydrogen-bond donors (Lipinski definition) is 0. The van der Waals surface area contributed by atoms with Gasteiger partial charge in [-0.15, -0.1) is 6.42 Å². The Morgan fingerprint density at radius 3 is 2.24 bits per heavy atom. The number of hydrogen-bond acceptors (Lipinski definition) is 1. The summed E-state index contributed by atoms with van der Waals surface area (Å²) in [5.74, 6) is 3.38. The van der Waals surface area contributed by atoms with Crippen molar-refractivity contribution in [3.05, 3.63) is 53.6 Å². The highest BCUT2D eigenvalue weighted by Gasteiger charge is 2.03. The van der Waals surface area contributed by atoms with Gasteiger partial charge < -0.3 is 4.74 Å². The van der Waals surface area contributed by atoms with Gasteiger partial charge in [-0.3, -0.25) is 0 Å². The second kappa shape index (κ2) is 4.76. The van der Waals surface area contributed by atoms with Gasteiger partial charge in [0.25, 0.3) is 0 Å². The van der Waals surface area contributed by atoms with E-state index in [0.29, 0.717) is 0 Å². The molecule has 0 aromatic heterocycles. The lowest BCUT2D eigenvalue weighted by Gasteiger charge is -2.07. The van der Waals surface area contributed by atoms with Crippen LogP contribution in [0.1, 0.15) is 11.1 Å². The third-order valence-corrected chi connectivity index (χ3v) is 2.74. The summed E-state index contributed by atoms with van der Waals surface area (Å²) in [4.78, 5) is 0. The highest BCUT2D eigenvalue weighted by molar-refractivity contribution is 5.67. The molecule has 0 fully saturated rings. The van der Waals surface area contributed by atoms with Gasteiger partial charge in [-0.1, -0.05) is 41.8 Å². The summed E-state index contributed by atoms with van der Waals surface area (Å²) in [7, 11) is 1.63. The molecule has 0 aliphatic heterocycles. The molecule has 0 bridgehead atoms. The van der Waals surface area contributed by atoms with E-state index in [0.717, 1.165) is 22.4 Å². The standard InChI is InChI=1S/C16H14O/c1-4-13-11-15(9-10-16(13)17-3)14-7-5-12(2)6-8-14/h1,5-11H,2-3H3. The van der Waals surface area contributed by atoms with Crippen LogP contribution in [0, 0.1) is 19.3 Å². The molecule has 2 aromatic rings. The van der Waals surface area contributed by atoms with E-state index in [9.17, 15) is 0 Å². The third kappa shape index (κ3) is 2.32. The van der Waals surface area contributed by atoms with Gasteiger partial charge in [-0.05, 0) is 30.2 Å². The first kappa shape index (κ1) is 11.3. The minimum absolute atomic E-state index is 0.739. The Kier molecular flexibility index (Phi) is 3.16. The number of benzene rings is 2. The van der Waals surface area contributed by atoms with Gasteiger partial charge in [-0.25, -0.2) is 0 Å². The van der Waals surface area contributed by atoms with Crippen LogP contribution in [0.2, 0.25) is 0 Å². The van der Waals surface area contributed by atoms with Crippen LogP contribution in [0.5, 0.6) is 5.75 Å². The van der Waals surface area contributed by atoms with Gasteiger partial charge in [0.1, 0.15) is 5.75 Å². The summed E-state index contributed by atoms with van der Waals surface area (Å²) >= 11 is 0. The molecule has 0 heterocycles. The minimum atomic E-state index is 0.739. The van der Waals surface area contributed by atoms with Crippen LogP contribution in [0.15, 0.2) is 42.5 Å². The molecular weight excluding hydrogens is 208 g/mol. The van der Waals surface area contributed by atoms with Gasteiger partial charge in [-0.2, -0.15) is 0 Å². The molecule has 17 heavy (non-hydrogen) atoms. The van der Waals surface area contributed by atoms with Crippen LogP contribution >= 0.6 is 0 Å². The fourth-order valence-electron chi connectivity index (χ4n) is 1.75. The van der Waals surface area contributed by atoms with Crippen molar-refractivity contribution < 1.29 is 4.74 Å². The predicted molar refractivity (Wildman–Crippen MR) is 71.1 cm³/mol. The lowest BCUT2D eigenvalue weighted by Crippen LogP contribution is -1.88. The number of terminal acetylenes is 1. The van der Waals surface area contributed by atoms with Gasteiger partial charge in [0.15, 0.2) is 0 Å². The van der Waals surface area contributed by atoms with Crippen molar-refractivity contribution in [1.82, 2.24) is 0 Å². The maximum atomic E-state index is 5.47. The minimum Gasteiger partial charge on any atom is -0.495 e. The molecule has 0 N–H and O–H groups in total. The van der Waals surface area contributed by atoms with E-state index in [1.165, 1.54) is 5.56 Å². The summed E-state index contributed by atoms with van der Waals surface area (Å²) < 4.78 is 5.20. The Morgan fingerprint density at radius 1 is 1.00 bits per heavy atom. The third-order valence-electron chi connectivity index (χ3n) is 2.74. The lowest BCUT2D eigenvalue weighted by molar-refractivity contribution is 0.413. The zero-order chi connectivity index (χ0) is 12.3. The van der Waals surface area contributed by atoms with Crippen molar-refractivity contribution in [1.29, 1.82) is 0 Å². The Labute approximate surface area is 102 Å². The van der Waals surface area contributed by atoms with Crippen molar-refractivity contribution in [3.63, 3.8) is 0 Å². The smallest absolute Gasteiger partial charge is 0.134 e. The van der Waals surface area contributed by atoms with Gasteiger partial charge in [0, 0.05) is 0 Å². The Balaban J connectivity index is 2.47. The normalized spacial score (nSPS) is 9.71. The molecule has 84 valence electrons. The first-order valence-electron chi connectivity index (χ1n) is 5.46. The lowest BCUT2D eigenvalue weighted by atomic mass is 10.0. The van der Waals surface area contributed by atoms with E-state index < -0.39 is 0 Å². The van der Waals surface area contributed by atoms with E-state index in [4.69, 9.17) is 11.2 Å². The summed E-state index contributed by atoms with van der Waals surface area (Å²) in [6.07, 6.45) is 5.47. The quantitative estimate of drug-likeness (QED) is 0.705. The second-order valence-corrected chi connectivity index (χ2v) is 3.93. The zero-order valence-electron chi connectivity index (χ0n) is 10.0. The molecule has 0 saturated heterocycles. The fourth-order valence-corrected chi connectivity index (χ4v) is 1.75. The molecule has 0 saturated carbocycles. The van der Waals surface area contributed by atoms with Crippen molar-refractivity contribution in [2.45, 2.75) is 6.92 Å². The molecule has 0 spiro atoms. The molecule has 0 aliphatic carbocycles. The Hall–Kier alpha value is -2.20. The summed E-state index contributed by atoms with van der Waals surface area (Å²) in [6.45, 7) is 2.07. The Morgan fingerprint density at radius 2 is 1.65 bits per heavy atom. The monoisotopic (exact) mass is 222 g/mol. The summed E-state index contributed by atoms with van der Waals surface area (Å²) in [5, 5.41) is 0. The SMILES string of the molecule is C#Cc1cc(-c2ccc(C)cc2)ccc1OC. The van der Waals surface area contributed by atoms with Crippen molar-refractivity contribution in [2.24, 2.45) is 0 Å². The second-order valence-electron chi connectivity index (χ2n) is 3.93. The molecule has 0 radical (unpaired) electrons. The van der Waals surface area contributed by atoms with Crippen molar-refractivity contribution in [2.75, 3.05) is 7.11 Å². The molecule has 0 aliphatic rings. The first-order valence-corrected chi connectivity index (χ1v) is 5.46. The fraction of sp³-hybridized carbons (Fsp3) is 0.125. The molecular formula is C16H14O. The van der Waals surface area contributed by atoms with E-state index in [1.54, 1.807) is 7.11 Å². The van der Waals surface area contributed by atoms with Crippen LogP contribution in [0.25, 0.3) is 11.1 Å². The maximum absolute atomic E-state index is 5.47. The average molecular weight is 222 g/mol. The molecule has 2 rings (SSSR count). The molecule has 1 heteroatoms. The van der Waals surface area contributed by atoms with Crippen LogP contribution in [0.3, 0.4) is 0 Å². The van der Waals surface area contributed by atoms with Crippen LogP contribution in [-0.2, 0) is 0 Å². The summed E-state index contributed by atoms with van der Waals surface area (Å²) in [5.41, 5.74) is 4.30. The number of rotatable bonds is 2. The highest BCUT2D eigenvalue weighted by Crippen LogP contribution is 2.26. The predicted octanol–water partition coefficient (Wildman–Crippen LogP) is 3.65. The molecule has 2 aromatic carbocycles. The van der Waals surface area contributed by atoms with Crippen molar-refractivity contribution in [3.8, 4) is 29.2 Å². The first-order chi connectivity index (χ1) is 8.24. The molecule has 1 nitrogen and oxygen atoms in total. The van der Waals surface area contributed by atoms with Crippen LogP contribution in [-0.4, -0.2) is 7.11 Å². The zero-order valence-corrected chi connectivity index (χ0v) is 10.0. The van der Waals surface area contributed by atoms with E-state index in [1.807, 2.05) is 18.2 Å². The molecule has 0 amide bonds. The van der Waals surface area contributed by atoms with Gasteiger partial charge in [0.2, 0.25) is 0 Å². The van der Waals surface area contributed by atoms with E-state index in [-0.39, 0.29) is 0 Å². The van der Waals surface area contributed by atoms with E-state index in [2.05, 4.69) is 37.1 Å². The van der Waals surface area contributed by atoms with Crippen LogP contribution in [0.4, 0.5) is 0 Å². The number of aryl methyl sites for hydroxylation is 1. The maximum Gasteiger partial charge on any atom is 0.134 e. The van der Waals surface area contributed by atoms with Gasteiger partial charge >= 0.3 is 0 Å². The van der Waals surface area contributed by atoms with Crippen molar-refractivity contribution >= 4 is 0 Å². The van der Waals surface area contributed by atoms with Gasteiger partial charge in [0.05, 0.1) is 12.7 Å². The Bertz CT molecular complexity index is 559. The largest absolute Gasteiger partial charge is 0.495 e. The molecule has 0 unspecified atom stereocenters. The number of methoxy groups -OCH3 is 1. The highest BCUT2D eigenvalue weighted by atomic mass is 16.5. The topological polar surface area (TPSA) is 9.23 Å². The van der Waals surface area contributed by atoms with E-state index >= 15 is 0 Å². The summed E-state index contributed by atoms with van der Waals surface area (Å²) in [6, 6.07) is 14.3. The van der Waals surface area contributed by atoms with Crippen LogP contribution < -0.4 is 4.74 Å².